The maximum absolute atomic E-state index is 12.5. The summed E-state index contributed by atoms with van der Waals surface area (Å²) in [5.74, 6) is -3.95. The Labute approximate surface area is 176 Å². The summed E-state index contributed by atoms with van der Waals surface area (Å²) in [4.78, 5) is 52.9. The summed E-state index contributed by atoms with van der Waals surface area (Å²) >= 11 is 0.977. The lowest BCUT2D eigenvalue weighted by molar-refractivity contribution is -0.256. The summed E-state index contributed by atoms with van der Waals surface area (Å²) in [5, 5.41) is 19.8. The molecular formula is C14H17N4O9S3+. The van der Waals surface area contributed by atoms with E-state index < -0.39 is 55.8 Å². The molecule has 0 spiro atoms. The van der Waals surface area contributed by atoms with Gasteiger partial charge in [-0.3, -0.25) is 19.2 Å². The predicted molar refractivity (Wildman–Crippen MR) is 99.7 cm³/mol. The highest BCUT2D eigenvalue weighted by Crippen LogP contribution is 2.35. The molecule has 0 aliphatic carbocycles. The number of rotatable bonds is 7. The molecule has 0 aromatic carbocycles. The molecule has 0 saturated carbocycles. The van der Waals surface area contributed by atoms with Gasteiger partial charge < -0.3 is 15.2 Å². The van der Waals surface area contributed by atoms with E-state index in [1.165, 1.54) is 0 Å². The lowest BCUT2D eigenvalue weighted by atomic mass is 10.1. The first-order valence-electron chi connectivity index (χ1n) is 8.32. The van der Waals surface area contributed by atoms with Crippen LogP contribution in [0.25, 0.3) is 0 Å². The largest absolute Gasteiger partial charge is 0.477 e. The Hall–Kier alpha value is -2.30. The van der Waals surface area contributed by atoms with Crippen LogP contribution in [-0.2, 0) is 44.8 Å². The average Bonchev–Trinajstić information content (AvgIpc) is 3.32. The van der Waals surface area contributed by atoms with Crippen LogP contribution in [0.5, 0.6) is 0 Å². The standard InChI is InChI=1S/C14H16N4O9S3/c1-29-12(16-17-13(29)30(2,24)25)28-6-8(19)15-7-5-26-18(10(7)21)14(11(22)23)4-3-9(20)27-14/h7H,3-6H2,1-2H3,(H-,15,19,22,23)/p+1/t7-,14?,29?/m0/s1. The second kappa shape index (κ2) is 8.09. The smallest absolute Gasteiger partial charge is 0.379 e. The number of carbonyl (C=O) groups is 4. The zero-order valence-electron chi connectivity index (χ0n) is 15.7. The highest BCUT2D eigenvalue weighted by atomic mass is 32.3. The molecule has 2 aliphatic heterocycles. The quantitative estimate of drug-likeness (QED) is 0.265. The van der Waals surface area contributed by atoms with Crippen molar-refractivity contribution >= 4 is 55.8 Å². The monoisotopic (exact) mass is 481 g/mol. The zero-order valence-corrected chi connectivity index (χ0v) is 18.1. The molecule has 2 unspecified atom stereocenters. The van der Waals surface area contributed by atoms with E-state index in [0.717, 1.165) is 18.0 Å². The molecule has 13 nitrogen and oxygen atoms in total. The number of hydroxylamine groups is 2. The number of cyclic esters (lactones) is 1. The molecule has 3 rings (SSSR count). The lowest BCUT2D eigenvalue weighted by Gasteiger charge is -2.30. The second-order valence-electron chi connectivity index (χ2n) is 6.42. The molecule has 2 fully saturated rings. The number of aliphatic carboxylic acids is 1. The molecule has 3 atom stereocenters. The van der Waals surface area contributed by atoms with Crippen molar-refractivity contribution in [3.05, 3.63) is 0 Å². The third-order valence-electron chi connectivity index (χ3n) is 4.20. The van der Waals surface area contributed by atoms with Gasteiger partial charge in [0.1, 0.15) is 18.9 Å². The van der Waals surface area contributed by atoms with E-state index in [9.17, 15) is 32.7 Å². The number of carboxylic acids is 1. The predicted octanol–water partition coefficient (Wildman–Crippen LogP) is -1.37. The number of amides is 2. The number of nitrogens with one attached hydrogen (secondary N) is 1. The van der Waals surface area contributed by atoms with Gasteiger partial charge in [-0.1, -0.05) is 10.2 Å². The van der Waals surface area contributed by atoms with Gasteiger partial charge in [0.25, 0.3) is 5.91 Å². The summed E-state index contributed by atoms with van der Waals surface area (Å²) in [7, 11) is -4.38. The van der Waals surface area contributed by atoms with Gasteiger partial charge in [-0.25, -0.2) is 13.2 Å². The fourth-order valence-corrected chi connectivity index (χ4v) is 7.25. The number of sulfone groups is 1. The fourth-order valence-electron chi connectivity index (χ4n) is 2.81. The number of carbonyl (C=O) groups excluding carboxylic acids is 3. The summed E-state index contributed by atoms with van der Waals surface area (Å²) in [5.41, 5.74) is -2.25. The molecule has 2 N–H and O–H groups in total. The van der Waals surface area contributed by atoms with Crippen molar-refractivity contribution in [3.63, 3.8) is 0 Å². The van der Waals surface area contributed by atoms with Gasteiger partial charge in [0.2, 0.25) is 15.7 Å². The minimum atomic E-state index is -3.50. The molecule has 0 bridgehead atoms. The van der Waals surface area contributed by atoms with Gasteiger partial charge >= 0.3 is 26.3 Å². The molecule has 2 saturated heterocycles. The lowest BCUT2D eigenvalue weighted by Crippen LogP contribution is -2.56. The van der Waals surface area contributed by atoms with Gasteiger partial charge in [-0.15, -0.1) is 0 Å². The number of hydrogen-bond donors (Lipinski definition) is 2. The van der Waals surface area contributed by atoms with Crippen LogP contribution in [0.1, 0.15) is 12.8 Å². The molecule has 164 valence electrons. The number of aromatic nitrogens is 2. The van der Waals surface area contributed by atoms with Crippen LogP contribution in [-0.4, -0.2) is 82.9 Å². The molecule has 0 radical (unpaired) electrons. The Balaban J connectivity index is 1.61. The summed E-state index contributed by atoms with van der Waals surface area (Å²) in [6, 6.07) is -1.16. The first-order valence-corrected chi connectivity index (χ1v) is 12.8. The van der Waals surface area contributed by atoms with Gasteiger partial charge in [0, 0.05) is 23.1 Å². The van der Waals surface area contributed by atoms with Gasteiger partial charge in [-0.05, 0) is 11.8 Å². The Morgan fingerprint density at radius 1 is 1.40 bits per heavy atom. The number of thioether (sulfide) groups is 1. The number of hydrogen-bond acceptors (Lipinski definition) is 11. The van der Waals surface area contributed by atoms with Crippen molar-refractivity contribution < 1.29 is 42.3 Å². The number of nitrogens with zero attached hydrogens (tertiary/aromatic N) is 3. The maximum Gasteiger partial charge on any atom is 0.379 e. The fraction of sp³-hybridized carbons (Fsp3) is 0.571. The highest BCUT2D eigenvalue weighted by Gasteiger charge is 2.59. The highest BCUT2D eigenvalue weighted by molar-refractivity contribution is 8.02. The first kappa shape index (κ1) is 22.4. The normalized spacial score (nSPS) is 24.8. The summed E-state index contributed by atoms with van der Waals surface area (Å²) in [6.07, 6.45) is 2.18. The van der Waals surface area contributed by atoms with Gasteiger partial charge in [0.05, 0.1) is 12.2 Å². The minimum absolute atomic E-state index is 0.0644. The SMILES string of the molecule is C[s+]1c(SCC(=O)N[C@H]2CON(C3(C(=O)O)CCC(=O)O3)C2=O)nnc1S(C)(=O)=O. The second-order valence-corrected chi connectivity index (χ2v) is 11.6. The first-order chi connectivity index (χ1) is 14.0. The third kappa shape index (κ3) is 4.12. The van der Waals surface area contributed by atoms with Gasteiger partial charge in [-0.2, -0.15) is 5.06 Å². The molecule has 3 heterocycles. The van der Waals surface area contributed by atoms with Crippen LogP contribution >= 0.6 is 22.2 Å². The Morgan fingerprint density at radius 3 is 2.63 bits per heavy atom. The van der Waals surface area contributed by atoms with Crippen LogP contribution < -0.4 is 5.32 Å². The number of ether oxygens (including phenoxy) is 1. The Bertz CT molecular complexity index is 1020. The van der Waals surface area contributed by atoms with Crippen LogP contribution in [0.2, 0.25) is 0 Å². The van der Waals surface area contributed by atoms with E-state index in [4.69, 9.17) is 9.57 Å². The Morgan fingerprint density at radius 2 is 2.10 bits per heavy atom. The molecule has 2 amide bonds. The number of carboxylic acid groups (broad SMARTS) is 1. The molecule has 1 aromatic heterocycles. The molecular weight excluding hydrogens is 464 g/mol. The van der Waals surface area contributed by atoms with Crippen molar-refractivity contribution in [1.29, 1.82) is 0 Å². The number of esters is 1. The van der Waals surface area contributed by atoms with Crippen LogP contribution in [0.4, 0.5) is 0 Å². The van der Waals surface area contributed by atoms with Gasteiger partial charge in [0.15, 0.2) is 0 Å². The van der Waals surface area contributed by atoms with Crippen molar-refractivity contribution in [2.45, 2.75) is 33.3 Å². The summed E-state index contributed by atoms with van der Waals surface area (Å²) < 4.78 is 28.4. The molecule has 1 aromatic rings. The van der Waals surface area contributed by atoms with Crippen LogP contribution in [0, 0.1) is 0 Å². The Kier molecular flexibility index (Phi) is 6.03. The van der Waals surface area contributed by atoms with Crippen molar-refractivity contribution in [1.82, 2.24) is 20.6 Å². The molecule has 2 aliphatic rings. The maximum atomic E-state index is 12.5. The van der Waals surface area contributed by atoms with E-state index in [1.54, 1.807) is 6.26 Å². The zero-order chi connectivity index (χ0) is 22.3. The van der Waals surface area contributed by atoms with Crippen molar-refractivity contribution in [2.24, 2.45) is 6.26 Å². The topological polar surface area (TPSA) is 182 Å². The van der Waals surface area contributed by atoms with E-state index in [0.29, 0.717) is 9.40 Å². The van der Waals surface area contributed by atoms with E-state index in [-0.39, 0.29) is 29.5 Å². The van der Waals surface area contributed by atoms with E-state index >= 15 is 0 Å². The summed E-state index contributed by atoms with van der Waals surface area (Å²) in [6.45, 7) is -0.331. The molecule has 30 heavy (non-hydrogen) atoms. The van der Waals surface area contributed by atoms with Crippen molar-refractivity contribution in [3.8, 4) is 0 Å². The third-order valence-corrected chi connectivity index (χ3v) is 9.62. The van der Waals surface area contributed by atoms with E-state index in [1.807, 2.05) is 0 Å². The minimum Gasteiger partial charge on any atom is -0.477 e. The van der Waals surface area contributed by atoms with Crippen molar-refractivity contribution in [2.75, 3.05) is 18.6 Å². The van der Waals surface area contributed by atoms with Crippen LogP contribution in [0.15, 0.2) is 8.68 Å². The average molecular weight is 482 g/mol. The van der Waals surface area contributed by atoms with Crippen LogP contribution in [0.3, 0.4) is 0 Å². The molecule has 16 heteroatoms. The van der Waals surface area contributed by atoms with E-state index in [2.05, 4.69) is 15.5 Å².